The molecule has 3 rings (SSSR count). The standard InChI is InChI=1S/C19H20ClN5O/c1-13(26-16-9-7-15(20)8-10-16)17-23-18(21)25-19(24-17)22-12-11-14-5-3-2-4-6-14/h2-10,13H,11-12H2,1H3,(H3,21,22,23,24,25). The van der Waals surface area contributed by atoms with Gasteiger partial charge in [0.1, 0.15) is 5.75 Å². The van der Waals surface area contributed by atoms with Gasteiger partial charge >= 0.3 is 0 Å². The Morgan fingerprint density at radius 1 is 1.04 bits per heavy atom. The molecular formula is C19H20ClN5O. The fraction of sp³-hybridized carbons (Fsp3) is 0.211. The van der Waals surface area contributed by atoms with Crippen molar-refractivity contribution in [3.63, 3.8) is 0 Å². The summed E-state index contributed by atoms with van der Waals surface area (Å²) in [4.78, 5) is 12.7. The lowest BCUT2D eigenvalue weighted by molar-refractivity contribution is 0.216. The van der Waals surface area contributed by atoms with E-state index in [4.69, 9.17) is 22.1 Å². The molecule has 0 aliphatic carbocycles. The number of rotatable bonds is 7. The van der Waals surface area contributed by atoms with Gasteiger partial charge in [0.05, 0.1) is 0 Å². The highest BCUT2D eigenvalue weighted by Crippen LogP contribution is 2.22. The van der Waals surface area contributed by atoms with Gasteiger partial charge in [-0.1, -0.05) is 41.9 Å². The zero-order valence-electron chi connectivity index (χ0n) is 14.4. The van der Waals surface area contributed by atoms with Crippen molar-refractivity contribution in [1.29, 1.82) is 0 Å². The first-order valence-corrected chi connectivity index (χ1v) is 8.69. The molecule has 26 heavy (non-hydrogen) atoms. The average molecular weight is 370 g/mol. The van der Waals surface area contributed by atoms with Gasteiger partial charge in [0.2, 0.25) is 11.9 Å². The molecule has 0 aliphatic heterocycles. The van der Waals surface area contributed by atoms with E-state index in [1.54, 1.807) is 24.3 Å². The average Bonchev–Trinajstić information content (AvgIpc) is 2.64. The van der Waals surface area contributed by atoms with Gasteiger partial charge < -0.3 is 15.8 Å². The molecule has 0 amide bonds. The van der Waals surface area contributed by atoms with Gasteiger partial charge in [-0.3, -0.25) is 0 Å². The van der Waals surface area contributed by atoms with E-state index < -0.39 is 0 Å². The molecule has 0 fully saturated rings. The molecule has 7 heteroatoms. The first kappa shape index (κ1) is 17.9. The fourth-order valence-corrected chi connectivity index (χ4v) is 2.53. The maximum Gasteiger partial charge on any atom is 0.227 e. The lowest BCUT2D eigenvalue weighted by Gasteiger charge is -2.15. The van der Waals surface area contributed by atoms with Gasteiger partial charge in [-0.25, -0.2) is 0 Å². The van der Waals surface area contributed by atoms with E-state index in [9.17, 15) is 0 Å². The van der Waals surface area contributed by atoms with Crippen LogP contribution < -0.4 is 15.8 Å². The number of aromatic nitrogens is 3. The SMILES string of the molecule is CC(Oc1ccc(Cl)cc1)c1nc(N)nc(NCCc2ccccc2)n1. The second kappa shape index (κ2) is 8.49. The van der Waals surface area contributed by atoms with Crippen LogP contribution in [0.25, 0.3) is 0 Å². The Balaban J connectivity index is 1.63. The fourth-order valence-electron chi connectivity index (χ4n) is 2.40. The van der Waals surface area contributed by atoms with Crippen LogP contribution in [0.5, 0.6) is 5.75 Å². The third-order valence-electron chi connectivity index (χ3n) is 3.70. The number of benzene rings is 2. The molecule has 6 nitrogen and oxygen atoms in total. The number of anilines is 2. The van der Waals surface area contributed by atoms with Crippen molar-refractivity contribution >= 4 is 23.5 Å². The minimum atomic E-state index is -0.379. The Morgan fingerprint density at radius 2 is 1.77 bits per heavy atom. The maximum absolute atomic E-state index is 5.89. The number of ether oxygens (including phenoxy) is 1. The smallest absolute Gasteiger partial charge is 0.227 e. The summed E-state index contributed by atoms with van der Waals surface area (Å²) in [5.74, 6) is 1.74. The van der Waals surface area contributed by atoms with Crippen LogP contribution in [-0.4, -0.2) is 21.5 Å². The largest absolute Gasteiger partial charge is 0.483 e. The Morgan fingerprint density at radius 3 is 2.50 bits per heavy atom. The molecule has 0 spiro atoms. The Labute approximate surface area is 157 Å². The summed E-state index contributed by atoms with van der Waals surface area (Å²) >= 11 is 5.89. The predicted octanol–water partition coefficient (Wildman–Crippen LogP) is 3.90. The van der Waals surface area contributed by atoms with Gasteiger partial charge in [0.15, 0.2) is 11.9 Å². The highest BCUT2D eigenvalue weighted by Gasteiger charge is 2.14. The number of nitrogens with one attached hydrogen (secondary N) is 1. The third-order valence-corrected chi connectivity index (χ3v) is 3.95. The lowest BCUT2D eigenvalue weighted by Crippen LogP contribution is -2.15. The van der Waals surface area contributed by atoms with Gasteiger partial charge in [0.25, 0.3) is 0 Å². The van der Waals surface area contributed by atoms with Crippen LogP contribution in [0, 0.1) is 0 Å². The monoisotopic (exact) mass is 369 g/mol. The molecule has 0 bridgehead atoms. The molecule has 1 aromatic heterocycles. The molecule has 3 N–H and O–H groups in total. The molecule has 0 saturated heterocycles. The number of hydrogen-bond donors (Lipinski definition) is 2. The van der Waals surface area contributed by atoms with Crippen LogP contribution in [0.15, 0.2) is 54.6 Å². The van der Waals surface area contributed by atoms with Crippen LogP contribution in [0.3, 0.4) is 0 Å². The van der Waals surface area contributed by atoms with E-state index in [0.29, 0.717) is 29.1 Å². The van der Waals surface area contributed by atoms with Crippen LogP contribution in [0.2, 0.25) is 5.02 Å². The van der Waals surface area contributed by atoms with Crippen molar-refractivity contribution in [2.24, 2.45) is 0 Å². The van der Waals surface area contributed by atoms with Gasteiger partial charge in [-0.15, -0.1) is 0 Å². The zero-order valence-corrected chi connectivity index (χ0v) is 15.1. The topological polar surface area (TPSA) is 86.0 Å². The van der Waals surface area contributed by atoms with Crippen LogP contribution in [-0.2, 0) is 6.42 Å². The number of hydrogen-bond acceptors (Lipinski definition) is 6. The minimum absolute atomic E-state index is 0.156. The molecule has 0 saturated carbocycles. The summed E-state index contributed by atoms with van der Waals surface area (Å²) < 4.78 is 5.84. The Kier molecular flexibility index (Phi) is 5.86. The lowest BCUT2D eigenvalue weighted by atomic mass is 10.1. The summed E-state index contributed by atoms with van der Waals surface area (Å²) in [6.45, 7) is 2.55. The van der Waals surface area contributed by atoms with Gasteiger partial charge in [-0.05, 0) is 43.2 Å². The van der Waals surface area contributed by atoms with Crippen molar-refractivity contribution in [2.45, 2.75) is 19.4 Å². The van der Waals surface area contributed by atoms with Gasteiger partial charge in [-0.2, -0.15) is 15.0 Å². The van der Waals surface area contributed by atoms with Crippen LogP contribution in [0.1, 0.15) is 24.4 Å². The molecular weight excluding hydrogens is 350 g/mol. The zero-order chi connectivity index (χ0) is 18.4. The van der Waals surface area contributed by atoms with Crippen LogP contribution in [0.4, 0.5) is 11.9 Å². The number of halogens is 1. The third kappa shape index (κ3) is 5.07. The van der Waals surface area contributed by atoms with Crippen molar-refractivity contribution in [1.82, 2.24) is 15.0 Å². The van der Waals surface area contributed by atoms with Crippen molar-refractivity contribution < 1.29 is 4.74 Å². The van der Waals surface area contributed by atoms with Crippen molar-refractivity contribution in [2.75, 3.05) is 17.6 Å². The van der Waals surface area contributed by atoms with E-state index in [1.165, 1.54) is 5.56 Å². The molecule has 2 aromatic carbocycles. The first-order valence-electron chi connectivity index (χ1n) is 8.31. The second-order valence-corrected chi connectivity index (χ2v) is 6.19. The number of nitrogens with zero attached hydrogens (tertiary/aromatic N) is 3. The van der Waals surface area contributed by atoms with E-state index in [0.717, 1.165) is 6.42 Å². The quantitative estimate of drug-likeness (QED) is 0.656. The summed E-state index contributed by atoms with van der Waals surface area (Å²) in [6.07, 6.45) is 0.481. The maximum atomic E-state index is 5.89. The van der Waals surface area contributed by atoms with E-state index in [1.807, 2.05) is 25.1 Å². The molecule has 3 aromatic rings. The van der Waals surface area contributed by atoms with E-state index >= 15 is 0 Å². The van der Waals surface area contributed by atoms with E-state index in [-0.39, 0.29) is 12.1 Å². The molecule has 1 unspecified atom stereocenters. The van der Waals surface area contributed by atoms with E-state index in [2.05, 4.69) is 32.4 Å². The predicted molar refractivity (Wildman–Crippen MR) is 103 cm³/mol. The van der Waals surface area contributed by atoms with Crippen molar-refractivity contribution in [3.8, 4) is 5.75 Å². The summed E-state index contributed by atoms with van der Waals surface area (Å²) in [7, 11) is 0. The normalized spacial score (nSPS) is 11.8. The van der Waals surface area contributed by atoms with Crippen LogP contribution >= 0.6 is 11.6 Å². The summed E-state index contributed by atoms with van der Waals surface area (Å²) in [6, 6.07) is 17.3. The highest BCUT2D eigenvalue weighted by atomic mass is 35.5. The number of nitrogen functional groups attached to an aromatic ring is 1. The highest BCUT2D eigenvalue weighted by molar-refractivity contribution is 6.30. The van der Waals surface area contributed by atoms with Crippen molar-refractivity contribution in [3.05, 3.63) is 71.0 Å². The Bertz CT molecular complexity index is 842. The first-order chi connectivity index (χ1) is 12.6. The summed E-state index contributed by atoms with van der Waals surface area (Å²) in [5.41, 5.74) is 7.06. The molecule has 1 atom stereocenters. The number of nitrogens with two attached hydrogens (primary N) is 1. The molecule has 134 valence electrons. The van der Waals surface area contributed by atoms with Gasteiger partial charge in [0, 0.05) is 11.6 Å². The molecule has 1 heterocycles. The Hall–Kier alpha value is -2.86. The molecule has 0 radical (unpaired) electrons. The summed E-state index contributed by atoms with van der Waals surface area (Å²) in [5, 5.41) is 3.84. The minimum Gasteiger partial charge on any atom is -0.483 e. The molecule has 0 aliphatic rings. The second-order valence-electron chi connectivity index (χ2n) is 5.75.